The lowest BCUT2D eigenvalue weighted by Crippen LogP contribution is -2.24. The van der Waals surface area contributed by atoms with E-state index in [0.717, 1.165) is 6.42 Å². The minimum absolute atomic E-state index is 0.115. The second kappa shape index (κ2) is 3.61. The molecule has 2 nitrogen and oxygen atoms in total. The first-order valence-electron chi connectivity index (χ1n) is 7.15. The molecule has 1 aromatic carbocycles. The predicted octanol–water partition coefficient (Wildman–Crippen LogP) is 3.08. The van der Waals surface area contributed by atoms with Gasteiger partial charge in [-0.05, 0) is 68.2 Å². The summed E-state index contributed by atoms with van der Waals surface area (Å²) in [5.41, 5.74) is 12.1. The van der Waals surface area contributed by atoms with E-state index >= 15 is 0 Å². The fourth-order valence-corrected chi connectivity index (χ4v) is 3.31. The summed E-state index contributed by atoms with van der Waals surface area (Å²) in [4.78, 5) is 3.59. The number of H-pyrrole nitrogens is 1. The van der Waals surface area contributed by atoms with Crippen LogP contribution in [0.1, 0.15) is 42.5 Å². The summed E-state index contributed by atoms with van der Waals surface area (Å²) in [6, 6.07) is 6.87. The highest BCUT2D eigenvalue weighted by molar-refractivity contribution is 5.85. The van der Waals surface area contributed by atoms with Gasteiger partial charge in [0, 0.05) is 22.1 Å². The van der Waals surface area contributed by atoms with Crippen molar-refractivity contribution in [1.29, 1.82) is 0 Å². The van der Waals surface area contributed by atoms with Crippen molar-refractivity contribution in [3.8, 4) is 0 Å². The summed E-state index contributed by atoms with van der Waals surface area (Å²) in [7, 11) is 0. The zero-order chi connectivity index (χ0) is 12.2. The van der Waals surface area contributed by atoms with Gasteiger partial charge in [-0.25, -0.2) is 0 Å². The molecule has 2 aliphatic rings. The maximum atomic E-state index is 6.23. The van der Waals surface area contributed by atoms with Crippen LogP contribution in [-0.2, 0) is 19.3 Å². The Labute approximate surface area is 108 Å². The molecule has 0 unspecified atom stereocenters. The molecule has 0 radical (unpaired) electrons. The number of aromatic nitrogens is 1. The summed E-state index contributed by atoms with van der Waals surface area (Å²) >= 11 is 0. The third kappa shape index (κ3) is 1.67. The topological polar surface area (TPSA) is 41.8 Å². The van der Waals surface area contributed by atoms with Gasteiger partial charge in [0.15, 0.2) is 0 Å². The van der Waals surface area contributed by atoms with Crippen molar-refractivity contribution < 1.29 is 0 Å². The lowest BCUT2D eigenvalue weighted by molar-refractivity contribution is 0.672. The Bertz CT molecular complexity index is 605. The standard InChI is InChI=1S/C16H20N2/c17-16(7-8-16)10-11-5-6-15-13(9-11)12-3-1-2-4-14(12)18-15/h5-6,9,18H,1-4,7-8,10,17H2. The molecule has 0 aliphatic heterocycles. The van der Waals surface area contributed by atoms with Crippen LogP contribution in [-0.4, -0.2) is 10.5 Å². The Kier molecular flexibility index (Phi) is 2.13. The predicted molar refractivity (Wildman–Crippen MR) is 74.8 cm³/mol. The molecule has 1 heterocycles. The highest BCUT2D eigenvalue weighted by Crippen LogP contribution is 2.37. The Balaban J connectivity index is 1.78. The van der Waals surface area contributed by atoms with Crippen LogP contribution in [0.15, 0.2) is 18.2 Å². The third-order valence-corrected chi connectivity index (χ3v) is 4.61. The van der Waals surface area contributed by atoms with E-state index in [0.29, 0.717) is 0 Å². The first kappa shape index (κ1) is 10.6. The van der Waals surface area contributed by atoms with Crippen molar-refractivity contribution in [2.24, 2.45) is 5.73 Å². The summed E-state index contributed by atoms with van der Waals surface area (Å²) < 4.78 is 0. The lowest BCUT2D eigenvalue weighted by Gasteiger charge is -2.11. The second-order valence-electron chi connectivity index (χ2n) is 6.21. The molecule has 0 bridgehead atoms. The van der Waals surface area contributed by atoms with Crippen LogP contribution in [0, 0.1) is 0 Å². The molecule has 4 rings (SSSR count). The van der Waals surface area contributed by atoms with E-state index in [1.165, 1.54) is 60.7 Å². The summed E-state index contributed by atoms with van der Waals surface area (Å²) in [6.45, 7) is 0. The van der Waals surface area contributed by atoms with Crippen LogP contribution in [0.2, 0.25) is 0 Å². The van der Waals surface area contributed by atoms with Crippen LogP contribution in [0.5, 0.6) is 0 Å². The molecule has 2 heteroatoms. The number of fused-ring (bicyclic) bond motifs is 3. The maximum absolute atomic E-state index is 6.23. The fraction of sp³-hybridized carbons (Fsp3) is 0.500. The van der Waals surface area contributed by atoms with Crippen LogP contribution in [0.4, 0.5) is 0 Å². The van der Waals surface area contributed by atoms with Gasteiger partial charge in [-0.2, -0.15) is 0 Å². The average molecular weight is 240 g/mol. The summed E-state index contributed by atoms with van der Waals surface area (Å²) in [5.74, 6) is 0. The molecule has 2 aliphatic carbocycles. The highest BCUT2D eigenvalue weighted by Gasteiger charge is 2.37. The minimum atomic E-state index is 0.115. The van der Waals surface area contributed by atoms with Crippen LogP contribution in [0.3, 0.4) is 0 Å². The molecular weight excluding hydrogens is 220 g/mol. The van der Waals surface area contributed by atoms with Gasteiger partial charge in [-0.15, -0.1) is 0 Å². The van der Waals surface area contributed by atoms with Gasteiger partial charge < -0.3 is 10.7 Å². The van der Waals surface area contributed by atoms with Gasteiger partial charge in [-0.1, -0.05) is 6.07 Å². The Morgan fingerprint density at radius 1 is 1.17 bits per heavy atom. The van der Waals surface area contributed by atoms with Crippen molar-refractivity contribution in [3.63, 3.8) is 0 Å². The Morgan fingerprint density at radius 2 is 2.00 bits per heavy atom. The molecule has 1 fully saturated rings. The number of aryl methyl sites for hydroxylation is 2. The van der Waals surface area contributed by atoms with Crippen molar-refractivity contribution in [1.82, 2.24) is 4.98 Å². The third-order valence-electron chi connectivity index (χ3n) is 4.61. The Morgan fingerprint density at radius 3 is 2.83 bits per heavy atom. The molecule has 18 heavy (non-hydrogen) atoms. The van der Waals surface area contributed by atoms with Crippen LogP contribution < -0.4 is 5.73 Å². The molecule has 2 aromatic rings. The van der Waals surface area contributed by atoms with Gasteiger partial charge in [0.1, 0.15) is 0 Å². The quantitative estimate of drug-likeness (QED) is 0.832. The van der Waals surface area contributed by atoms with E-state index in [9.17, 15) is 0 Å². The molecule has 0 saturated heterocycles. The number of aromatic amines is 1. The molecule has 0 amide bonds. The fourth-order valence-electron chi connectivity index (χ4n) is 3.31. The van der Waals surface area contributed by atoms with E-state index in [-0.39, 0.29) is 5.54 Å². The first-order chi connectivity index (χ1) is 8.73. The molecule has 0 atom stereocenters. The van der Waals surface area contributed by atoms with E-state index < -0.39 is 0 Å². The number of hydrogen-bond acceptors (Lipinski definition) is 1. The molecule has 1 saturated carbocycles. The number of rotatable bonds is 2. The highest BCUT2D eigenvalue weighted by atomic mass is 14.8. The van der Waals surface area contributed by atoms with Gasteiger partial charge >= 0.3 is 0 Å². The second-order valence-corrected chi connectivity index (χ2v) is 6.21. The van der Waals surface area contributed by atoms with Crippen molar-refractivity contribution in [2.75, 3.05) is 0 Å². The number of nitrogens with two attached hydrogens (primary N) is 1. The van der Waals surface area contributed by atoms with Gasteiger partial charge in [0.25, 0.3) is 0 Å². The minimum Gasteiger partial charge on any atom is -0.358 e. The largest absolute Gasteiger partial charge is 0.358 e. The number of nitrogens with one attached hydrogen (secondary N) is 1. The van der Waals surface area contributed by atoms with Crippen LogP contribution in [0.25, 0.3) is 10.9 Å². The Hall–Kier alpha value is -1.28. The molecule has 1 aromatic heterocycles. The van der Waals surface area contributed by atoms with Gasteiger partial charge in [-0.3, -0.25) is 0 Å². The normalized spacial score (nSPS) is 20.9. The van der Waals surface area contributed by atoms with E-state index in [1.807, 2.05) is 0 Å². The monoisotopic (exact) mass is 240 g/mol. The molecular formula is C16H20N2. The first-order valence-corrected chi connectivity index (χ1v) is 7.15. The lowest BCUT2D eigenvalue weighted by atomic mass is 9.94. The van der Waals surface area contributed by atoms with E-state index in [1.54, 1.807) is 5.56 Å². The van der Waals surface area contributed by atoms with E-state index in [2.05, 4.69) is 23.2 Å². The summed E-state index contributed by atoms with van der Waals surface area (Å²) in [5, 5.41) is 1.45. The zero-order valence-corrected chi connectivity index (χ0v) is 10.8. The van der Waals surface area contributed by atoms with Crippen molar-refractivity contribution >= 4 is 10.9 Å². The van der Waals surface area contributed by atoms with Gasteiger partial charge in [0.05, 0.1) is 0 Å². The number of benzene rings is 1. The van der Waals surface area contributed by atoms with E-state index in [4.69, 9.17) is 5.73 Å². The SMILES string of the molecule is NC1(Cc2ccc3[nH]c4c(c3c2)CCCC4)CC1. The van der Waals surface area contributed by atoms with Crippen molar-refractivity contribution in [2.45, 2.75) is 50.5 Å². The van der Waals surface area contributed by atoms with Crippen LogP contribution >= 0.6 is 0 Å². The maximum Gasteiger partial charge on any atom is 0.0459 e. The smallest absolute Gasteiger partial charge is 0.0459 e. The molecule has 3 N–H and O–H groups in total. The van der Waals surface area contributed by atoms with Crippen molar-refractivity contribution in [3.05, 3.63) is 35.0 Å². The summed E-state index contributed by atoms with van der Waals surface area (Å²) in [6.07, 6.45) is 8.56. The average Bonchev–Trinajstić information content (AvgIpc) is 2.98. The molecule has 94 valence electrons. The number of hydrogen-bond donors (Lipinski definition) is 2. The van der Waals surface area contributed by atoms with Gasteiger partial charge in [0.2, 0.25) is 0 Å². The zero-order valence-electron chi connectivity index (χ0n) is 10.8. The molecule has 0 spiro atoms.